The summed E-state index contributed by atoms with van der Waals surface area (Å²) in [5.74, 6) is 0.294. The summed E-state index contributed by atoms with van der Waals surface area (Å²) in [7, 11) is 0. The highest BCUT2D eigenvalue weighted by Gasteiger charge is 2.22. The quantitative estimate of drug-likeness (QED) is 0.395. The SMILES string of the molecule is CC(C(=O)Oc1ccccc1)n1c2ccccc2c2ccccc21. The van der Waals surface area contributed by atoms with E-state index in [2.05, 4.69) is 16.7 Å². The summed E-state index contributed by atoms with van der Waals surface area (Å²) in [6, 6.07) is 25.0. The molecule has 1 unspecified atom stereocenters. The van der Waals surface area contributed by atoms with E-state index in [1.807, 2.05) is 61.5 Å². The monoisotopic (exact) mass is 315 g/mol. The number of carbonyl (C=O) groups is 1. The normalized spacial score (nSPS) is 12.4. The van der Waals surface area contributed by atoms with E-state index in [9.17, 15) is 4.79 Å². The molecule has 1 aromatic heterocycles. The molecular formula is C21H17NO2. The van der Waals surface area contributed by atoms with Crippen LogP contribution in [0.3, 0.4) is 0 Å². The molecule has 3 heteroatoms. The van der Waals surface area contributed by atoms with Crippen molar-refractivity contribution in [1.82, 2.24) is 4.57 Å². The van der Waals surface area contributed by atoms with Crippen LogP contribution in [0.25, 0.3) is 21.8 Å². The molecule has 4 aromatic rings. The van der Waals surface area contributed by atoms with Crippen molar-refractivity contribution in [3.05, 3.63) is 78.9 Å². The zero-order valence-corrected chi connectivity index (χ0v) is 13.3. The Bertz CT molecular complexity index is 965. The van der Waals surface area contributed by atoms with E-state index in [1.165, 1.54) is 0 Å². The van der Waals surface area contributed by atoms with Crippen LogP contribution in [-0.2, 0) is 4.79 Å². The van der Waals surface area contributed by atoms with Crippen LogP contribution in [-0.4, -0.2) is 10.5 Å². The Balaban J connectivity index is 1.81. The highest BCUT2D eigenvalue weighted by Crippen LogP contribution is 2.32. The van der Waals surface area contributed by atoms with E-state index >= 15 is 0 Å². The minimum atomic E-state index is -0.421. The Labute approximate surface area is 140 Å². The first-order valence-corrected chi connectivity index (χ1v) is 8.00. The maximum absolute atomic E-state index is 12.7. The fraction of sp³-hybridized carbons (Fsp3) is 0.0952. The van der Waals surface area contributed by atoms with Gasteiger partial charge in [-0.2, -0.15) is 0 Å². The van der Waals surface area contributed by atoms with Crippen LogP contribution in [0.2, 0.25) is 0 Å². The second-order valence-corrected chi connectivity index (χ2v) is 5.81. The van der Waals surface area contributed by atoms with Crippen LogP contribution < -0.4 is 4.74 Å². The van der Waals surface area contributed by atoms with Gasteiger partial charge in [-0.15, -0.1) is 0 Å². The molecular weight excluding hydrogens is 298 g/mol. The first-order valence-electron chi connectivity index (χ1n) is 8.00. The van der Waals surface area contributed by atoms with Crippen LogP contribution in [0.4, 0.5) is 0 Å². The van der Waals surface area contributed by atoms with Gasteiger partial charge in [0.15, 0.2) is 0 Å². The number of hydrogen-bond donors (Lipinski definition) is 0. The summed E-state index contributed by atoms with van der Waals surface area (Å²) in [5, 5.41) is 2.29. The Morgan fingerprint density at radius 1 is 0.792 bits per heavy atom. The first-order chi connectivity index (χ1) is 11.8. The Kier molecular flexibility index (Phi) is 3.54. The lowest BCUT2D eigenvalue weighted by molar-refractivity contribution is -0.137. The lowest BCUT2D eigenvalue weighted by Gasteiger charge is -2.15. The minimum Gasteiger partial charge on any atom is -0.425 e. The van der Waals surface area contributed by atoms with Gasteiger partial charge in [0.1, 0.15) is 11.8 Å². The van der Waals surface area contributed by atoms with Crippen LogP contribution in [0.15, 0.2) is 78.9 Å². The average molecular weight is 315 g/mol. The summed E-state index contributed by atoms with van der Waals surface area (Å²) in [4.78, 5) is 12.7. The maximum Gasteiger partial charge on any atom is 0.334 e. The van der Waals surface area contributed by atoms with Crippen LogP contribution in [0.1, 0.15) is 13.0 Å². The third kappa shape index (κ3) is 2.35. The molecule has 24 heavy (non-hydrogen) atoms. The maximum atomic E-state index is 12.7. The molecule has 3 nitrogen and oxygen atoms in total. The molecule has 0 saturated carbocycles. The highest BCUT2D eigenvalue weighted by molar-refractivity contribution is 6.08. The van der Waals surface area contributed by atoms with Crippen LogP contribution >= 0.6 is 0 Å². The third-order valence-corrected chi connectivity index (χ3v) is 4.31. The molecule has 0 aliphatic heterocycles. The van der Waals surface area contributed by atoms with Gasteiger partial charge in [0, 0.05) is 21.8 Å². The zero-order valence-electron chi connectivity index (χ0n) is 13.3. The molecule has 0 N–H and O–H groups in total. The number of esters is 1. The molecule has 0 radical (unpaired) electrons. The van der Waals surface area contributed by atoms with Crippen molar-refractivity contribution in [2.45, 2.75) is 13.0 Å². The van der Waals surface area contributed by atoms with Crippen LogP contribution in [0, 0.1) is 0 Å². The molecule has 118 valence electrons. The molecule has 0 amide bonds. The number of rotatable bonds is 3. The number of benzene rings is 3. The van der Waals surface area contributed by atoms with E-state index in [1.54, 1.807) is 12.1 Å². The van der Waals surface area contributed by atoms with Gasteiger partial charge in [-0.25, -0.2) is 4.79 Å². The molecule has 1 atom stereocenters. The predicted octanol–water partition coefficient (Wildman–Crippen LogP) is 4.96. The van der Waals surface area contributed by atoms with Crippen molar-refractivity contribution in [3.63, 3.8) is 0 Å². The number of hydrogen-bond acceptors (Lipinski definition) is 2. The number of carbonyl (C=O) groups excluding carboxylic acids is 1. The third-order valence-electron chi connectivity index (χ3n) is 4.31. The number of ether oxygens (including phenoxy) is 1. The Hall–Kier alpha value is -3.07. The number of aromatic nitrogens is 1. The highest BCUT2D eigenvalue weighted by atomic mass is 16.5. The van der Waals surface area contributed by atoms with Gasteiger partial charge in [-0.3, -0.25) is 0 Å². The lowest BCUT2D eigenvalue weighted by Crippen LogP contribution is -2.21. The van der Waals surface area contributed by atoms with E-state index < -0.39 is 6.04 Å². The molecule has 0 saturated heterocycles. The molecule has 0 spiro atoms. The molecule has 0 fully saturated rings. The van der Waals surface area contributed by atoms with Gasteiger partial charge in [-0.1, -0.05) is 54.6 Å². The molecule has 0 aliphatic rings. The number of para-hydroxylation sites is 3. The lowest BCUT2D eigenvalue weighted by atomic mass is 10.2. The van der Waals surface area contributed by atoms with Crippen molar-refractivity contribution in [2.24, 2.45) is 0 Å². The zero-order chi connectivity index (χ0) is 16.5. The minimum absolute atomic E-state index is 0.271. The second-order valence-electron chi connectivity index (χ2n) is 5.81. The number of nitrogens with zero attached hydrogens (tertiary/aromatic N) is 1. The van der Waals surface area contributed by atoms with E-state index in [4.69, 9.17) is 4.74 Å². The second kappa shape index (κ2) is 5.85. The van der Waals surface area contributed by atoms with Gasteiger partial charge in [-0.05, 0) is 31.2 Å². The molecule has 0 aliphatic carbocycles. The van der Waals surface area contributed by atoms with Gasteiger partial charge in [0.25, 0.3) is 0 Å². The first kappa shape index (κ1) is 14.5. The summed E-state index contributed by atoms with van der Waals surface area (Å²) in [6.45, 7) is 1.88. The van der Waals surface area contributed by atoms with Crippen molar-refractivity contribution in [1.29, 1.82) is 0 Å². The average Bonchev–Trinajstić information content (AvgIpc) is 2.96. The van der Waals surface area contributed by atoms with Gasteiger partial charge in [0.2, 0.25) is 0 Å². The molecule has 4 rings (SSSR count). The summed E-state index contributed by atoms with van der Waals surface area (Å²) >= 11 is 0. The van der Waals surface area contributed by atoms with Crippen molar-refractivity contribution < 1.29 is 9.53 Å². The predicted molar refractivity (Wildman–Crippen MR) is 96.2 cm³/mol. The van der Waals surface area contributed by atoms with E-state index in [0.717, 1.165) is 21.8 Å². The van der Waals surface area contributed by atoms with E-state index in [-0.39, 0.29) is 5.97 Å². The molecule has 1 heterocycles. The topological polar surface area (TPSA) is 31.2 Å². The smallest absolute Gasteiger partial charge is 0.334 e. The number of fused-ring (bicyclic) bond motifs is 3. The summed E-state index contributed by atoms with van der Waals surface area (Å²) in [6.07, 6.45) is 0. The van der Waals surface area contributed by atoms with Crippen LogP contribution in [0.5, 0.6) is 5.75 Å². The molecule has 3 aromatic carbocycles. The Morgan fingerprint density at radius 3 is 1.88 bits per heavy atom. The standard InChI is InChI=1S/C21H17NO2/c1-15(21(23)24-16-9-3-2-4-10-16)22-19-13-7-5-11-17(19)18-12-6-8-14-20(18)22/h2-15H,1H3. The van der Waals surface area contributed by atoms with Crippen molar-refractivity contribution >= 4 is 27.8 Å². The van der Waals surface area contributed by atoms with Crippen molar-refractivity contribution in [3.8, 4) is 5.75 Å². The van der Waals surface area contributed by atoms with Gasteiger partial charge >= 0.3 is 5.97 Å². The van der Waals surface area contributed by atoms with Crippen molar-refractivity contribution in [2.75, 3.05) is 0 Å². The van der Waals surface area contributed by atoms with E-state index in [0.29, 0.717) is 5.75 Å². The van der Waals surface area contributed by atoms with Gasteiger partial charge < -0.3 is 9.30 Å². The fourth-order valence-corrected chi connectivity index (χ4v) is 3.17. The summed E-state index contributed by atoms with van der Waals surface area (Å²) < 4.78 is 7.59. The summed E-state index contributed by atoms with van der Waals surface area (Å²) in [5.41, 5.74) is 2.08. The molecule has 0 bridgehead atoms. The van der Waals surface area contributed by atoms with Gasteiger partial charge in [0.05, 0.1) is 0 Å². The fourth-order valence-electron chi connectivity index (χ4n) is 3.17. The largest absolute Gasteiger partial charge is 0.425 e. The Morgan fingerprint density at radius 2 is 1.29 bits per heavy atom.